The largest absolute Gasteiger partial charge is 0.490 e. The highest BCUT2D eigenvalue weighted by molar-refractivity contribution is 6.49. The van der Waals surface area contributed by atoms with Gasteiger partial charge in [-0.3, -0.25) is 14.3 Å². The zero-order chi connectivity index (χ0) is 16.6. The summed E-state index contributed by atoms with van der Waals surface area (Å²) in [6.45, 7) is 5.94. The van der Waals surface area contributed by atoms with Crippen LogP contribution in [0.15, 0.2) is 33.4 Å². The summed E-state index contributed by atoms with van der Waals surface area (Å²) in [6, 6.07) is 0. The number of nitrogens with one attached hydrogen (secondary N) is 1. The van der Waals surface area contributed by atoms with Gasteiger partial charge in [-0.1, -0.05) is 0 Å². The molecule has 1 aliphatic carbocycles. The number of rotatable bonds is 3. The van der Waals surface area contributed by atoms with Crippen LogP contribution in [0.4, 0.5) is 11.5 Å². The van der Waals surface area contributed by atoms with Crippen LogP contribution in [0.5, 0.6) is 0 Å². The van der Waals surface area contributed by atoms with Gasteiger partial charge in [0.1, 0.15) is 18.1 Å². The Kier molecular flexibility index (Phi) is 3.81. The minimum absolute atomic E-state index is 0.0921. The lowest BCUT2D eigenvalue weighted by atomic mass is 10.1. The van der Waals surface area contributed by atoms with Crippen LogP contribution in [0.2, 0.25) is 0 Å². The van der Waals surface area contributed by atoms with E-state index in [9.17, 15) is 9.59 Å². The molecule has 1 aliphatic heterocycles. The van der Waals surface area contributed by atoms with Crippen LogP contribution in [0.25, 0.3) is 0 Å². The maximum absolute atomic E-state index is 12.4. The molecule has 1 saturated heterocycles. The molecule has 23 heavy (non-hydrogen) atoms. The number of ketones is 1. The number of morpholine rings is 1. The highest BCUT2D eigenvalue weighted by atomic mass is 16.5. The summed E-state index contributed by atoms with van der Waals surface area (Å²) in [7, 11) is 0. The number of ether oxygens (including phenoxy) is 1. The van der Waals surface area contributed by atoms with Crippen molar-refractivity contribution in [2.75, 3.05) is 18.9 Å². The zero-order valence-electron chi connectivity index (χ0n) is 13.1. The predicted molar refractivity (Wildman–Crippen MR) is 86.7 cm³/mol. The minimum Gasteiger partial charge on any atom is -0.490 e. The van der Waals surface area contributed by atoms with Crippen molar-refractivity contribution in [2.24, 2.45) is 4.99 Å². The second-order valence-corrected chi connectivity index (χ2v) is 5.17. The molecule has 1 aromatic heterocycles. The number of carbonyl (C=O) groups is 1. The molecule has 0 bridgehead atoms. The molecule has 0 amide bonds. The van der Waals surface area contributed by atoms with E-state index in [0.717, 1.165) is 0 Å². The maximum atomic E-state index is 12.4. The SMILES string of the molecule is CCn1c(N)c(N=C2C=C3OCCNC3=CC2=O)c(=O)n1CC. The van der Waals surface area contributed by atoms with Gasteiger partial charge in [0.2, 0.25) is 5.78 Å². The quantitative estimate of drug-likeness (QED) is 0.781. The van der Waals surface area contributed by atoms with E-state index in [4.69, 9.17) is 10.5 Å². The molecule has 0 saturated carbocycles. The van der Waals surface area contributed by atoms with Gasteiger partial charge in [-0.25, -0.2) is 9.67 Å². The predicted octanol–water partition coefficient (Wildman–Crippen LogP) is 0.315. The fraction of sp³-hybridized carbons (Fsp3) is 0.400. The summed E-state index contributed by atoms with van der Waals surface area (Å²) in [5.41, 5.74) is 6.61. The van der Waals surface area contributed by atoms with Crippen molar-refractivity contribution in [1.82, 2.24) is 14.7 Å². The first-order valence-electron chi connectivity index (χ1n) is 7.59. The average molecular weight is 317 g/mol. The number of nitrogens with two attached hydrogens (primary N) is 1. The first kappa shape index (κ1) is 15.1. The number of anilines is 1. The molecule has 0 unspecified atom stereocenters. The molecule has 1 fully saturated rings. The van der Waals surface area contributed by atoms with Crippen molar-refractivity contribution >= 4 is 23.0 Å². The molecule has 122 valence electrons. The molecule has 3 rings (SSSR count). The van der Waals surface area contributed by atoms with Gasteiger partial charge in [0, 0.05) is 31.8 Å². The Balaban J connectivity index is 2.08. The topological polar surface area (TPSA) is 104 Å². The second-order valence-electron chi connectivity index (χ2n) is 5.17. The summed E-state index contributed by atoms with van der Waals surface area (Å²) >= 11 is 0. The van der Waals surface area contributed by atoms with E-state index in [1.54, 1.807) is 10.8 Å². The average Bonchev–Trinajstić information content (AvgIpc) is 2.78. The van der Waals surface area contributed by atoms with Gasteiger partial charge in [0.25, 0.3) is 5.56 Å². The molecule has 8 nitrogen and oxygen atoms in total. The summed E-state index contributed by atoms with van der Waals surface area (Å²) in [6.07, 6.45) is 2.97. The third-order valence-corrected chi connectivity index (χ3v) is 3.82. The lowest BCUT2D eigenvalue weighted by Crippen LogP contribution is -2.31. The van der Waals surface area contributed by atoms with Crippen LogP contribution >= 0.6 is 0 Å². The lowest BCUT2D eigenvalue weighted by Gasteiger charge is -2.23. The Morgan fingerprint density at radius 2 is 2.00 bits per heavy atom. The minimum atomic E-state index is -0.303. The monoisotopic (exact) mass is 317 g/mol. The summed E-state index contributed by atoms with van der Waals surface area (Å²) in [5, 5.41) is 3.09. The van der Waals surface area contributed by atoms with E-state index in [-0.39, 0.29) is 28.6 Å². The van der Waals surface area contributed by atoms with Crippen molar-refractivity contribution < 1.29 is 9.53 Å². The number of aliphatic imine (C=N–C) groups is 1. The first-order chi connectivity index (χ1) is 11.1. The molecule has 3 N–H and O–H groups in total. The standard InChI is InChI=1S/C15H19N5O3/c1-3-19-14(16)13(15(22)20(19)4-2)18-9-8-12-10(7-11(9)21)17-5-6-23-12/h7-8,17H,3-6,16H2,1-2H3. The number of fused-ring (bicyclic) bond motifs is 1. The first-order valence-corrected chi connectivity index (χ1v) is 7.59. The van der Waals surface area contributed by atoms with Crippen molar-refractivity contribution in [1.29, 1.82) is 0 Å². The number of allylic oxidation sites excluding steroid dienone is 2. The Hall–Kier alpha value is -2.77. The Labute approximate surface area is 132 Å². The van der Waals surface area contributed by atoms with Gasteiger partial charge in [-0.15, -0.1) is 0 Å². The van der Waals surface area contributed by atoms with E-state index in [2.05, 4.69) is 10.3 Å². The molecule has 0 aromatic carbocycles. The van der Waals surface area contributed by atoms with Crippen LogP contribution in [-0.4, -0.2) is 34.0 Å². The molecular formula is C15H19N5O3. The molecule has 8 heteroatoms. The van der Waals surface area contributed by atoms with Crippen LogP contribution in [0, 0.1) is 0 Å². The van der Waals surface area contributed by atoms with Gasteiger partial charge in [0.05, 0.1) is 5.70 Å². The van der Waals surface area contributed by atoms with E-state index >= 15 is 0 Å². The summed E-state index contributed by atoms with van der Waals surface area (Å²) in [5.74, 6) is 0.530. The van der Waals surface area contributed by atoms with Crippen LogP contribution < -0.4 is 16.6 Å². The van der Waals surface area contributed by atoms with Crippen LogP contribution in [-0.2, 0) is 22.6 Å². The van der Waals surface area contributed by atoms with Crippen LogP contribution in [0.1, 0.15) is 13.8 Å². The van der Waals surface area contributed by atoms with Gasteiger partial charge in [-0.05, 0) is 13.8 Å². The van der Waals surface area contributed by atoms with Crippen molar-refractivity contribution in [3.8, 4) is 0 Å². The number of nitrogens with zero attached hydrogens (tertiary/aromatic N) is 3. The Bertz CT molecular complexity index is 810. The fourth-order valence-corrected chi connectivity index (χ4v) is 2.72. The second kappa shape index (κ2) is 5.79. The molecule has 0 spiro atoms. The lowest BCUT2D eigenvalue weighted by molar-refractivity contribution is -0.109. The van der Waals surface area contributed by atoms with Gasteiger partial charge in [0.15, 0.2) is 11.5 Å². The van der Waals surface area contributed by atoms with E-state index < -0.39 is 0 Å². The zero-order valence-corrected chi connectivity index (χ0v) is 13.1. The van der Waals surface area contributed by atoms with E-state index in [1.807, 2.05) is 13.8 Å². The van der Waals surface area contributed by atoms with Gasteiger partial charge >= 0.3 is 0 Å². The normalized spacial score (nSPS) is 18.9. The third kappa shape index (κ3) is 2.45. The Morgan fingerprint density at radius 3 is 2.65 bits per heavy atom. The van der Waals surface area contributed by atoms with E-state index in [0.29, 0.717) is 37.7 Å². The molecule has 0 radical (unpaired) electrons. The molecule has 2 heterocycles. The van der Waals surface area contributed by atoms with E-state index in [1.165, 1.54) is 10.8 Å². The number of aromatic nitrogens is 2. The smallest absolute Gasteiger partial charge is 0.294 e. The van der Waals surface area contributed by atoms with Crippen LogP contribution in [0.3, 0.4) is 0 Å². The highest BCUT2D eigenvalue weighted by Gasteiger charge is 2.24. The van der Waals surface area contributed by atoms with Crippen molar-refractivity contribution in [2.45, 2.75) is 26.9 Å². The number of carbonyl (C=O) groups excluding carboxylic acids is 1. The summed E-state index contributed by atoms with van der Waals surface area (Å²) < 4.78 is 8.67. The Morgan fingerprint density at radius 1 is 1.26 bits per heavy atom. The fourth-order valence-electron chi connectivity index (χ4n) is 2.72. The third-order valence-electron chi connectivity index (χ3n) is 3.82. The molecular weight excluding hydrogens is 298 g/mol. The maximum Gasteiger partial charge on any atom is 0.294 e. The highest BCUT2D eigenvalue weighted by Crippen LogP contribution is 2.22. The van der Waals surface area contributed by atoms with Gasteiger partial charge < -0.3 is 15.8 Å². The molecule has 0 atom stereocenters. The van der Waals surface area contributed by atoms with Crippen molar-refractivity contribution in [3.63, 3.8) is 0 Å². The van der Waals surface area contributed by atoms with Crippen molar-refractivity contribution in [3.05, 3.63) is 34.0 Å². The number of hydrogen-bond donors (Lipinski definition) is 2. The molecule has 1 aromatic rings. The molecule has 2 aliphatic rings. The number of hydrogen-bond acceptors (Lipinski definition) is 6. The summed E-state index contributed by atoms with van der Waals surface area (Å²) in [4.78, 5) is 28.9. The number of nitrogen functional groups attached to an aromatic ring is 1. The van der Waals surface area contributed by atoms with Gasteiger partial charge in [-0.2, -0.15) is 0 Å².